The highest BCUT2D eigenvalue weighted by molar-refractivity contribution is 6.30. The summed E-state index contributed by atoms with van der Waals surface area (Å²) in [7, 11) is 0. The fourth-order valence-corrected chi connectivity index (χ4v) is 5.10. The van der Waals surface area contributed by atoms with Crippen LogP contribution in [0.2, 0.25) is 5.02 Å². The topological polar surface area (TPSA) is 65.0 Å². The van der Waals surface area contributed by atoms with Crippen molar-refractivity contribution in [1.82, 2.24) is 10.2 Å². The predicted molar refractivity (Wildman–Crippen MR) is 125 cm³/mol. The Hall–Kier alpha value is -1.63. The highest BCUT2D eigenvalue weighted by Crippen LogP contribution is 2.46. The second kappa shape index (κ2) is 10.8. The Morgan fingerprint density at radius 2 is 1.90 bits per heavy atom. The summed E-state index contributed by atoms with van der Waals surface area (Å²) in [4.78, 5) is 2.42. The molecule has 0 radical (unpaired) electrons. The number of likely N-dealkylation sites (N-methyl/N-ethyl adjacent to an activating group) is 1. The van der Waals surface area contributed by atoms with Gasteiger partial charge in [-0.3, -0.25) is 4.90 Å². The third-order valence-electron chi connectivity index (χ3n) is 6.40. The minimum atomic E-state index is -0.241. The molecule has 0 unspecified atom stereocenters. The quantitative estimate of drug-likeness (QED) is 0.511. The van der Waals surface area contributed by atoms with Crippen LogP contribution >= 0.6 is 11.6 Å². The van der Waals surface area contributed by atoms with Gasteiger partial charge in [-0.1, -0.05) is 36.7 Å². The molecule has 0 spiro atoms. The molecule has 3 N–H and O–H groups in total. The van der Waals surface area contributed by atoms with Gasteiger partial charge in [-0.2, -0.15) is 0 Å². The summed E-state index contributed by atoms with van der Waals surface area (Å²) in [6, 6.07) is 14.3. The van der Waals surface area contributed by atoms with E-state index in [2.05, 4.69) is 36.2 Å². The van der Waals surface area contributed by atoms with Gasteiger partial charge in [0.25, 0.3) is 0 Å². The Kier molecular flexibility index (Phi) is 8.36. The van der Waals surface area contributed by atoms with Gasteiger partial charge in [0.05, 0.1) is 19.8 Å². The van der Waals surface area contributed by atoms with E-state index in [0.29, 0.717) is 19.1 Å². The number of nitrogens with one attached hydrogen (secondary N) is 1. The molecule has 1 heterocycles. The SMILES string of the molecule is CCOc1ccc(CNC[C@H]2C[C@@](C)(CO)N(CC)[C@H]2c2ccc(Cl)cc2)cc1CO. The van der Waals surface area contributed by atoms with Crippen LogP contribution in [0.1, 0.15) is 49.9 Å². The molecule has 1 fully saturated rings. The summed E-state index contributed by atoms with van der Waals surface area (Å²) in [5.41, 5.74) is 2.92. The molecule has 5 nitrogen and oxygen atoms in total. The molecule has 170 valence electrons. The van der Waals surface area contributed by atoms with Gasteiger partial charge in [0.1, 0.15) is 5.75 Å². The van der Waals surface area contributed by atoms with Gasteiger partial charge in [0, 0.05) is 35.3 Å². The Bertz CT molecular complexity index is 845. The molecule has 1 aliphatic heterocycles. The molecule has 0 saturated carbocycles. The van der Waals surface area contributed by atoms with E-state index in [1.165, 1.54) is 5.56 Å². The summed E-state index contributed by atoms with van der Waals surface area (Å²) in [5, 5.41) is 24.2. The molecule has 1 saturated heterocycles. The van der Waals surface area contributed by atoms with Crippen molar-refractivity contribution in [2.75, 3.05) is 26.3 Å². The number of aliphatic hydroxyl groups is 2. The van der Waals surface area contributed by atoms with Crippen molar-refractivity contribution < 1.29 is 14.9 Å². The number of rotatable bonds is 10. The zero-order valence-corrected chi connectivity index (χ0v) is 19.5. The zero-order chi connectivity index (χ0) is 22.4. The second-order valence-corrected chi connectivity index (χ2v) is 9.00. The minimum Gasteiger partial charge on any atom is -0.494 e. The van der Waals surface area contributed by atoms with Gasteiger partial charge in [-0.25, -0.2) is 0 Å². The average molecular weight is 447 g/mol. The van der Waals surface area contributed by atoms with Crippen molar-refractivity contribution in [2.24, 2.45) is 5.92 Å². The molecule has 0 aliphatic carbocycles. The first-order valence-electron chi connectivity index (χ1n) is 11.1. The van der Waals surface area contributed by atoms with E-state index in [9.17, 15) is 10.2 Å². The van der Waals surface area contributed by atoms with Crippen molar-refractivity contribution in [1.29, 1.82) is 0 Å². The van der Waals surface area contributed by atoms with Crippen LogP contribution in [0.25, 0.3) is 0 Å². The van der Waals surface area contributed by atoms with Crippen LogP contribution in [0.4, 0.5) is 0 Å². The summed E-state index contributed by atoms with van der Waals surface area (Å²) in [6.07, 6.45) is 0.919. The van der Waals surface area contributed by atoms with E-state index in [0.717, 1.165) is 41.4 Å². The van der Waals surface area contributed by atoms with Crippen LogP contribution in [-0.2, 0) is 13.2 Å². The normalized spacial score (nSPS) is 23.9. The number of halogens is 1. The van der Waals surface area contributed by atoms with Crippen LogP contribution < -0.4 is 10.1 Å². The lowest BCUT2D eigenvalue weighted by molar-refractivity contribution is 0.0579. The lowest BCUT2D eigenvalue weighted by Crippen LogP contribution is -2.45. The molecule has 2 aromatic carbocycles. The van der Waals surface area contributed by atoms with Gasteiger partial charge in [-0.15, -0.1) is 0 Å². The first-order chi connectivity index (χ1) is 15.0. The number of ether oxygens (including phenoxy) is 1. The minimum absolute atomic E-state index is 0.0370. The van der Waals surface area contributed by atoms with Crippen molar-refractivity contribution in [3.05, 3.63) is 64.2 Å². The molecule has 1 aliphatic rings. The van der Waals surface area contributed by atoms with Crippen LogP contribution in [0.5, 0.6) is 5.75 Å². The van der Waals surface area contributed by atoms with E-state index in [1.807, 2.05) is 37.3 Å². The molecular formula is C25H35ClN2O3. The molecule has 2 aromatic rings. The Morgan fingerprint density at radius 3 is 2.52 bits per heavy atom. The van der Waals surface area contributed by atoms with Crippen LogP contribution in [-0.4, -0.2) is 47.0 Å². The fourth-order valence-electron chi connectivity index (χ4n) is 4.98. The lowest BCUT2D eigenvalue weighted by Gasteiger charge is -2.37. The predicted octanol–water partition coefficient (Wildman–Crippen LogP) is 4.15. The molecule has 3 rings (SSSR count). The highest BCUT2D eigenvalue weighted by Gasteiger charge is 2.47. The first kappa shape index (κ1) is 24.0. The maximum absolute atomic E-state index is 10.2. The number of hydrogen-bond donors (Lipinski definition) is 3. The Labute approximate surface area is 191 Å². The van der Waals surface area contributed by atoms with Crippen LogP contribution in [0.15, 0.2) is 42.5 Å². The van der Waals surface area contributed by atoms with Gasteiger partial charge in [0.2, 0.25) is 0 Å². The van der Waals surface area contributed by atoms with E-state index < -0.39 is 0 Å². The highest BCUT2D eigenvalue weighted by atomic mass is 35.5. The van der Waals surface area contributed by atoms with Crippen LogP contribution in [0.3, 0.4) is 0 Å². The second-order valence-electron chi connectivity index (χ2n) is 8.57. The number of benzene rings is 2. The number of hydrogen-bond acceptors (Lipinski definition) is 5. The monoisotopic (exact) mass is 446 g/mol. The third-order valence-corrected chi connectivity index (χ3v) is 6.65. The lowest BCUT2D eigenvalue weighted by atomic mass is 9.90. The zero-order valence-electron chi connectivity index (χ0n) is 18.8. The molecular weight excluding hydrogens is 412 g/mol. The standard InChI is InChI=1S/C25H35ClN2O3/c1-4-28-24(19-7-9-22(26)10-8-19)21(13-25(28,3)17-30)15-27-14-18-6-11-23(31-5-2)20(12-18)16-29/h6-12,21,24,27,29-30H,4-5,13-17H2,1-3H3/t21-,24+,25+/m1/s1. The third kappa shape index (κ3) is 5.41. The number of nitrogens with zero attached hydrogens (tertiary/aromatic N) is 1. The van der Waals surface area contributed by atoms with E-state index >= 15 is 0 Å². The van der Waals surface area contributed by atoms with Crippen molar-refractivity contribution in [3.63, 3.8) is 0 Å². The molecule has 6 heteroatoms. The first-order valence-corrected chi connectivity index (χ1v) is 11.5. The van der Waals surface area contributed by atoms with Crippen LogP contribution in [0, 0.1) is 5.92 Å². The van der Waals surface area contributed by atoms with E-state index in [4.69, 9.17) is 16.3 Å². The molecule has 0 aromatic heterocycles. The maximum atomic E-state index is 10.2. The van der Waals surface area contributed by atoms with Gasteiger partial charge < -0.3 is 20.3 Å². The summed E-state index contributed by atoms with van der Waals surface area (Å²) >= 11 is 6.12. The smallest absolute Gasteiger partial charge is 0.124 e. The molecule has 31 heavy (non-hydrogen) atoms. The largest absolute Gasteiger partial charge is 0.494 e. The summed E-state index contributed by atoms with van der Waals surface area (Å²) in [5.74, 6) is 1.10. The van der Waals surface area contributed by atoms with Crippen molar-refractivity contribution in [2.45, 2.75) is 51.9 Å². The molecule has 3 atom stereocenters. The van der Waals surface area contributed by atoms with E-state index in [1.54, 1.807) is 0 Å². The fraction of sp³-hybridized carbons (Fsp3) is 0.520. The van der Waals surface area contributed by atoms with E-state index in [-0.39, 0.29) is 24.8 Å². The maximum Gasteiger partial charge on any atom is 0.124 e. The summed E-state index contributed by atoms with van der Waals surface area (Å²) < 4.78 is 5.58. The number of likely N-dealkylation sites (tertiary alicyclic amines) is 1. The van der Waals surface area contributed by atoms with Gasteiger partial charge in [-0.05, 0) is 68.1 Å². The van der Waals surface area contributed by atoms with Crippen molar-refractivity contribution in [3.8, 4) is 5.75 Å². The average Bonchev–Trinajstić information content (AvgIpc) is 3.07. The van der Waals surface area contributed by atoms with Gasteiger partial charge in [0.15, 0.2) is 0 Å². The Balaban J connectivity index is 1.73. The van der Waals surface area contributed by atoms with Gasteiger partial charge >= 0.3 is 0 Å². The molecule has 0 amide bonds. The number of aliphatic hydroxyl groups excluding tert-OH is 2. The molecule has 0 bridgehead atoms. The summed E-state index contributed by atoms with van der Waals surface area (Å²) in [6.45, 7) is 9.35. The Morgan fingerprint density at radius 1 is 1.16 bits per heavy atom. The van der Waals surface area contributed by atoms with Crippen molar-refractivity contribution >= 4 is 11.6 Å².